The number of aromatic nitrogens is 2. The van der Waals surface area contributed by atoms with Crippen molar-refractivity contribution in [3.8, 4) is 0 Å². The summed E-state index contributed by atoms with van der Waals surface area (Å²) in [6.07, 6.45) is -0.168. The van der Waals surface area contributed by atoms with Crippen LogP contribution in [-0.2, 0) is 16.2 Å². The molecule has 2 aromatic carbocycles. The monoisotopic (exact) mass is 571 g/mol. The van der Waals surface area contributed by atoms with Crippen molar-refractivity contribution in [2.24, 2.45) is 0 Å². The molecule has 0 saturated heterocycles. The van der Waals surface area contributed by atoms with Crippen LogP contribution in [-0.4, -0.2) is 49.5 Å². The van der Waals surface area contributed by atoms with Crippen molar-refractivity contribution in [2.45, 2.75) is 48.3 Å². The normalized spacial score (nSPS) is 20.4. The molecule has 0 amide bonds. The van der Waals surface area contributed by atoms with Crippen molar-refractivity contribution in [2.75, 3.05) is 24.1 Å². The Kier molecular flexibility index (Phi) is 8.15. The molecule has 0 spiro atoms. The maximum absolute atomic E-state index is 15.0. The lowest BCUT2D eigenvalue weighted by atomic mass is 9.78. The van der Waals surface area contributed by atoms with Crippen LogP contribution < -0.4 is 10.0 Å². The number of nitrogens with zero attached hydrogens (tertiary/aromatic N) is 3. The number of benzene rings is 2. The fourth-order valence-corrected chi connectivity index (χ4v) is 6.12. The third kappa shape index (κ3) is 6.36. The van der Waals surface area contributed by atoms with Crippen molar-refractivity contribution in [3.05, 3.63) is 77.0 Å². The van der Waals surface area contributed by atoms with Gasteiger partial charge in [0.15, 0.2) is 0 Å². The minimum Gasteiger partial charge on any atom is -0.379 e. The lowest BCUT2D eigenvalue weighted by molar-refractivity contribution is -0.137. The fourth-order valence-electron chi connectivity index (χ4n) is 4.75. The van der Waals surface area contributed by atoms with E-state index >= 15 is 4.39 Å². The minimum atomic E-state index is -4.42. The van der Waals surface area contributed by atoms with Gasteiger partial charge in [-0.3, -0.25) is 4.72 Å². The highest BCUT2D eigenvalue weighted by molar-refractivity contribution is 7.92. The average molecular weight is 572 g/mol. The summed E-state index contributed by atoms with van der Waals surface area (Å²) in [5.41, 5.74) is 0.169. The molecule has 0 unspecified atom stereocenters. The zero-order chi connectivity index (χ0) is 27.7. The number of sulfonamides is 1. The van der Waals surface area contributed by atoms with E-state index in [1.54, 1.807) is 6.07 Å². The Balaban J connectivity index is 1.52. The molecule has 0 radical (unpaired) electrons. The SMILES string of the molecule is CN(C)[C@H]1C[C@H](c2cccc(C(F)(F)F)c2)CC[C@@H]1Nc1cc(F)c(S(=O)(=O)Nc2ccncn2)cc1Cl. The van der Waals surface area contributed by atoms with Gasteiger partial charge in [-0.1, -0.05) is 29.8 Å². The molecule has 38 heavy (non-hydrogen) atoms. The Labute approximate surface area is 223 Å². The molecule has 4 rings (SSSR count). The number of hydrogen-bond donors (Lipinski definition) is 2. The second-order valence-electron chi connectivity index (χ2n) is 9.38. The van der Waals surface area contributed by atoms with E-state index in [1.165, 1.54) is 24.4 Å². The highest BCUT2D eigenvalue weighted by Gasteiger charge is 2.35. The molecule has 0 bridgehead atoms. The summed E-state index contributed by atoms with van der Waals surface area (Å²) < 4.78 is 82.3. The molecule has 204 valence electrons. The van der Waals surface area contributed by atoms with Gasteiger partial charge < -0.3 is 10.2 Å². The van der Waals surface area contributed by atoms with Gasteiger partial charge in [0.2, 0.25) is 0 Å². The van der Waals surface area contributed by atoms with Crippen molar-refractivity contribution in [1.29, 1.82) is 0 Å². The minimum absolute atomic E-state index is 0.00645. The Morgan fingerprint density at radius 1 is 1.11 bits per heavy atom. The van der Waals surface area contributed by atoms with Crippen LogP contribution in [0.25, 0.3) is 0 Å². The number of alkyl halides is 3. The van der Waals surface area contributed by atoms with Crippen molar-refractivity contribution >= 4 is 33.1 Å². The lowest BCUT2D eigenvalue weighted by Gasteiger charge is -2.41. The van der Waals surface area contributed by atoms with Crippen LogP contribution in [0.3, 0.4) is 0 Å². The fraction of sp³-hybridized carbons (Fsp3) is 0.360. The smallest absolute Gasteiger partial charge is 0.379 e. The van der Waals surface area contributed by atoms with Crippen molar-refractivity contribution in [3.63, 3.8) is 0 Å². The van der Waals surface area contributed by atoms with E-state index in [4.69, 9.17) is 11.6 Å². The van der Waals surface area contributed by atoms with Gasteiger partial charge in [-0.05, 0) is 69.1 Å². The molecule has 1 aromatic heterocycles. The van der Waals surface area contributed by atoms with E-state index in [1.807, 2.05) is 19.0 Å². The van der Waals surface area contributed by atoms with Crippen LogP contribution in [0.1, 0.15) is 36.3 Å². The molecular formula is C25H26ClF4N5O2S. The van der Waals surface area contributed by atoms with Gasteiger partial charge in [0.05, 0.1) is 16.3 Å². The van der Waals surface area contributed by atoms with E-state index in [0.29, 0.717) is 24.8 Å². The maximum atomic E-state index is 15.0. The second kappa shape index (κ2) is 11.0. The summed E-state index contributed by atoms with van der Waals surface area (Å²) in [5, 5.41) is 3.23. The Morgan fingerprint density at radius 2 is 1.87 bits per heavy atom. The highest BCUT2D eigenvalue weighted by Crippen LogP contribution is 2.39. The quantitative estimate of drug-likeness (QED) is 0.350. The summed E-state index contributed by atoms with van der Waals surface area (Å²) >= 11 is 6.37. The Morgan fingerprint density at radius 3 is 2.53 bits per heavy atom. The number of hydrogen-bond acceptors (Lipinski definition) is 6. The summed E-state index contributed by atoms with van der Waals surface area (Å²) in [5.74, 6) is -1.11. The highest BCUT2D eigenvalue weighted by atomic mass is 35.5. The van der Waals surface area contributed by atoms with E-state index in [2.05, 4.69) is 20.0 Å². The van der Waals surface area contributed by atoms with E-state index < -0.39 is 32.5 Å². The summed E-state index contributed by atoms with van der Waals surface area (Å²) in [4.78, 5) is 8.81. The first-order valence-corrected chi connectivity index (χ1v) is 13.6. The standard InChI is InChI=1S/C25H26ClF4N5O2S/c1-35(2)22-11-16(15-4-3-5-17(10-15)25(28,29)30)6-7-20(22)33-21-13-19(27)23(12-18(21)26)38(36,37)34-24-8-9-31-14-32-24/h3-5,8-10,12-14,16,20,22,33H,6-7,11H2,1-2H3,(H,31,32,34)/t16-,20+,22+/m1/s1. The van der Waals surface area contributed by atoms with Gasteiger partial charge in [-0.2, -0.15) is 13.2 Å². The molecule has 1 heterocycles. The number of rotatable bonds is 7. The van der Waals surface area contributed by atoms with E-state index in [9.17, 15) is 21.6 Å². The number of likely N-dealkylation sites (N-methyl/N-ethyl adjacent to an activating group) is 1. The Bertz CT molecular complexity index is 1390. The molecule has 1 saturated carbocycles. The van der Waals surface area contributed by atoms with Crippen LogP contribution in [0.15, 0.2) is 59.9 Å². The van der Waals surface area contributed by atoms with Gasteiger partial charge in [0.25, 0.3) is 10.0 Å². The summed E-state index contributed by atoms with van der Waals surface area (Å²) in [7, 11) is -0.577. The first kappa shape index (κ1) is 28.1. The zero-order valence-corrected chi connectivity index (χ0v) is 22.1. The molecule has 3 atom stereocenters. The average Bonchev–Trinajstić information content (AvgIpc) is 2.86. The van der Waals surface area contributed by atoms with Crippen molar-refractivity contribution in [1.82, 2.24) is 14.9 Å². The summed E-state index contributed by atoms with van der Waals surface area (Å²) in [6, 6.07) is 8.46. The van der Waals surface area contributed by atoms with Crippen LogP contribution in [0.4, 0.5) is 29.1 Å². The molecule has 1 fully saturated rings. The van der Waals surface area contributed by atoms with E-state index in [0.717, 1.165) is 24.5 Å². The molecule has 1 aliphatic rings. The van der Waals surface area contributed by atoms with Gasteiger partial charge in [0.1, 0.15) is 22.9 Å². The number of nitrogens with one attached hydrogen (secondary N) is 2. The summed E-state index contributed by atoms with van der Waals surface area (Å²) in [6.45, 7) is 0. The van der Waals surface area contributed by atoms with Crippen molar-refractivity contribution < 1.29 is 26.0 Å². The van der Waals surface area contributed by atoms with Crippen LogP contribution >= 0.6 is 11.6 Å². The second-order valence-corrected chi connectivity index (χ2v) is 11.4. The molecule has 7 nitrogen and oxygen atoms in total. The predicted octanol–water partition coefficient (Wildman–Crippen LogP) is 5.77. The first-order chi connectivity index (χ1) is 17.8. The molecule has 3 aromatic rings. The number of halogens is 5. The number of anilines is 2. The zero-order valence-electron chi connectivity index (χ0n) is 20.5. The molecule has 13 heteroatoms. The molecular weight excluding hydrogens is 546 g/mol. The van der Waals surface area contributed by atoms with Gasteiger partial charge in [-0.15, -0.1) is 0 Å². The first-order valence-electron chi connectivity index (χ1n) is 11.7. The van der Waals surface area contributed by atoms with Gasteiger partial charge in [-0.25, -0.2) is 22.8 Å². The topological polar surface area (TPSA) is 87.2 Å². The molecule has 1 aliphatic carbocycles. The molecule has 2 N–H and O–H groups in total. The molecule has 0 aliphatic heterocycles. The maximum Gasteiger partial charge on any atom is 0.416 e. The van der Waals surface area contributed by atoms with Gasteiger partial charge >= 0.3 is 6.18 Å². The predicted molar refractivity (Wildman–Crippen MR) is 137 cm³/mol. The lowest BCUT2D eigenvalue weighted by Crippen LogP contribution is -2.47. The third-order valence-electron chi connectivity index (χ3n) is 6.64. The Hall–Kier alpha value is -2.96. The van der Waals surface area contributed by atoms with Crippen LogP contribution in [0, 0.1) is 5.82 Å². The van der Waals surface area contributed by atoms with Gasteiger partial charge in [0, 0.05) is 18.3 Å². The third-order valence-corrected chi connectivity index (χ3v) is 8.32. The largest absolute Gasteiger partial charge is 0.416 e. The van der Waals surface area contributed by atoms with E-state index in [-0.39, 0.29) is 34.5 Å². The van der Waals surface area contributed by atoms with Crippen LogP contribution in [0.2, 0.25) is 5.02 Å². The van der Waals surface area contributed by atoms with Crippen LogP contribution in [0.5, 0.6) is 0 Å².